The first kappa shape index (κ1) is 19.9. The van der Waals surface area contributed by atoms with Gasteiger partial charge in [0.05, 0.1) is 12.8 Å². The van der Waals surface area contributed by atoms with Crippen LogP contribution in [0.5, 0.6) is 5.75 Å². The number of hydrogen-bond acceptors (Lipinski definition) is 4. The number of halogens is 2. The van der Waals surface area contributed by atoms with Crippen LogP contribution >= 0.6 is 0 Å². The van der Waals surface area contributed by atoms with Crippen LogP contribution in [-0.4, -0.2) is 23.9 Å². The molecule has 2 amide bonds. The molecule has 3 rings (SSSR count). The summed E-state index contributed by atoms with van der Waals surface area (Å²) in [5.41, 5.74) is 0.828. The Labute approximate surface area is 165 Å². The van der Waals surface area contributed by atoms with Crippen molar-refractivity contribution in [3.05, 3.63) is 89.2 Å². The van der Waals surface area contributed by atoms with Gasteiger partial charge in [-0.25, -0.2) is 8.78 Å². The first-order chi connectivity index (χ1) is 14.0. The Hall–Kier alpha value is -3.81. The van der Waals surface area contributed by atoms with Crippen LogP contribution in [0.25, 0.3) is 0 Å². The molecule has 0 bridgehead atoms. The van der Waals surface area contributed by atoms with E-state index in [2.05, 4.69) is 15.6 Å². The van der Waals surface area contributed by atoms with Crippen LogP contribution in [0.4, 0.5) is 14.5 Å². The predicted molar refractivity (Wildman–Crippen MR) is 103 cm³/mol. The number of hydrogen-bond donors (Lipinski definition) is 2. The lowest BCUT2D eigenvalue weighted by atomic mass is 10.2. The highest BCUT2D eigenvalue weighted by molar-refractivity contribution is 6.04. The largest absolute Gasteiger partial charge is 0.497 e. The van der Waals surface area contributed by atoms with Gasteiger partial charge < -0.3 is 15.4 Å². The lowest BCUT2D eigenvalue weighted by Crippen LogP contribution is -2.23. The van der Waals surface area contributed by atoms with Crippen LogP contribution in [0.3, 0.4) is 0 Å². The summed E-state index contributed by atoms with van der Waals surface area (Å²) in [6.07, 6.45) is 1.30. The van der Waals surface area contributed by atoms with Crippen molar-refractivity contribution in [2.45, 2.75) is 6.54 Å². The number of anilines is 1. The molecule has 0 unspecified atom stereocenters. The van der Waals surface area contributed by atoms with E-state index in [9.17, 15) is 18.4 Å². The van der Waals surface area contributed by atoms with Gasteiger partial charge in [0.1, 0.15) is 23.1 Å². The number of rotatable bonds is 6. The summed E-state index contributed by atoms with van der Waals surface area (Å²) in [6.45, 7) is 0.285. The van der Waals surface area contributed by atoms with E-state index in [4.69, 9.17) is 4.74 Å². The number of pyridine rings is 1. The number of ether oxygens (including phenoxy) is 1. The Bertz CT molecular complexity index is 1040. The standard InChI is InChI=1S/C21H17F2N3O3/c1-29-16-5-2-13(3-6-16)12-25-20(27)14-8-9-24-19(10-14)21(28)26-18-7-4-15(22)11-17(18)23/h2-11H,12H2,1H3,(H,25,27)(H,26,28). The molecule has 0 fully saturated rings. The van der Waals surface area contributed by atoms with Gasteiger partial charge >= 0.3 is 0 Å². The average Bonchev–Trinajstić information content (AvgIpc) is 2.74. The van der Waals surface area contributed by atoms with Gasteiger partial charge in [-0.05, 0) is 42.0 Å². The predicted octanol–water partition coefficient (Wildman–Crippen LogP) is 3.55. The van der Waals surface area contributed by atoms with E-state index < -0.39 is 23.4 Å². The molecular weight excluding hydrogens is 380 g/mol. The van der Waals surface area contributed by atoms with Gasteiger partial charge in [0.25, 0.3) is 11.8 Å². The summed E-state index contributed by atoms with van der Waals surface area (Å²) >= 11 is 0. The second-order valence-corrected chi connectivity index (χ2v) is 6.04. The molecule has 8 heteroatoms. The van der Waals surface area contributed by atoms with Gasteiger partial charge in [-0.3, -0.25) is 14.6 Å². The van der Waals surface area contributed by atoms with Crippen LogP contribution in [0.1, 0.15) is 26.4 Å². The van der Waals surface area contributed by atoms with Crippen molar-refractivity contribution in [3.63, 3.8) is 0 Å². The number of nitrogens with zero attached hydrogens (tertiary/aromatic N) is 1. The molecule has 0 radical (unpaired) electrons. The van der Waals surface area contributed by atoms with E-state index in [0.29, 0.717) is 11.8 Å². The van der Waals surface area contributed by atoms with Crippen LogP contribution in [-0.2, 0) is 6.54 Å². The van der Waals surface area contributed by atoms with Crippen molar-refractivity contribution in [3.8, 4) is 5.75 Å². The molecule has 0 aliphatic rings. The Morgan fingerprint density at radius 2 is 1.76 bits per heavy atom. The number of aromatic nitrogens is 1. The topological polar surface area (TPSA) is 80.3 Å². The minimum Gasteiger partial charge on any atom is -0.497 e. The smallest absolute Gasteiger partial charge is 0.274 e. The fourth-order valence-electron chi connectivity index (χ4n) is 2.50. The third-order valence-electron chi connectivity index (χ3n) is 4.05. The fourth-order valence-corrected chi connectivity index (χ4v) is 2.50. The molecule has 0 saturated carbocycles. The van der Waals surface area contributed by atoms with E-state index in [1.165, 1.54) is 18.3 Å². The van der Waals surface area contributed by atoms with Crippen LogP contribution < -0.4 is 15.4 Å². The van der Waals surface area contributed by atoms with Crippen LogP contribution in [0, 0.1) is 11.6 Å². The number of carbonyl (C=O) groups is 2. The molecule has 2 aromatic carbocycles. The van der Waals surface area contributed by atoms with Crippen molar-refractivity contribution < 1.29 is 23.1 Å². The van der Waals surface area contributed by atoms with Crippen molar-refractivity contribution in [1.82, 2.24) is 10.3 Å². The second kappa shape index (κ2) is 8.92. The maximum Gasteiger partial charge on any atom is 0.274 e. The van der Waals surface area contributed by atoms with Gasteiger partial charge in [-0.2, -0.15) is 0 Å². The lowest BCUT2D eigenvalue weighted by molar-refractivity contribution is 0.0950. The van der Waals surface area contributed by atoms with Gasteiger partial charge in [0, 0.05) is 24.4 Å². The Morgan fingerprint density at radius 3 is 2.45 bits per heavy atom. The maximum absolute atomic E-state index is 13.7. The van der Waals surface area contributed by atoms with E-state index >= 15 is 0 Å². The van der Waals surface area contributed by atoms with Crippen molar-refractivity contribution in [2.24, 2.45) is 0 Å². The maximum atomic E-state index is 13.7. The quantitative estimate of drug-likeness (QED) is 0.667. The van der Waals surface area contributed by atoms with Crippen LogP contribution in [0.2, 0.25) is 0 Å². The SMILES string of the molecule is COc1ccc(CNC(=O)c2ccnc(C(=O)Nc3ccc(F)cc3F)c2)cc1. The van der Waals surface area contributed by atoms with Gasteiger partial charge in [0.15, 0.2) is 0 Å². The summed E-state index contributed by atoms with van der Waals surface area (Å²) < 4.78 is 31.7. The molecule has 0 atom stereocenters. The number of nitrogens with one attached hydrogen (secondary N) is 2. The minimum atomic E-state index is -0.910. The summed E-state index contributed by atoms with van der Waals surface area (Å²) in [4.78, 5) is 28.6. The number of benzene rings is 2. The van der Waals surface area contributed by atoms with E-state index in [1.54, 1.807) is 19.2 Å². The summed E-state index contributed by atoms with van der Waals surface area (Å²) in [5.74, 6) is -2.08. The molecular formula is C21H17F2N3O3. The zero-order valence-corrected chi connectivity index (χ0v) is 15.4. The monoisotopic (exact) mass is 397 g/mol. The molecule has 1 aromatic heterocycles. The zero-order chi connectivity index (χ0) is 20.8. The highest BCUT2D eigenvalue weighted by atomic mass is 19.1. The zero-order valence-electron chi connectivity index (χ0n) is 15.4. The van der Waals surface area contributed by atoms with E-state index in [1.807, 2.05) is 12.1 Å². The molecule has 0 aliphatic carbocycles. The highest BCUT2D eigenvalue weighted by Crippen LogP contribution is 2.16. The third-order valence-corrected chi connectivity index (χ3v) is 4.05. The van der Waals surface area contributed by atoms with Crippen molar-refractivity contribution in [2.75, 3.05) is 12.4 Å². The molecule has 0 spiro atoms. The lowest BCUT2D eigenvalue weighted by Gasteiger charge is -2.08. The molecule has 6 nitrogen and oxygen atoms in total. The van der Waals surface area contributed by atoms with E-state index in [0.717, 1.165) is 17.7 Å². The molecule has 1 heterocycles. The molecule has 0 saturated heterocycles. The second-order valence-electron chi connectivity index (χ2n) is 6.04. The Kier molecular flexibility index (Phi) is 6.13. The van der Waals surface area contributed by atoms with Crippen molar-refractivity contribution >= 4 is 17.5 Å². The highest BCUT2D eigenvalue weighted by Gasteiger charge is 2.14. The van der Waals surface area contributed by atoms with Gasteiger partial charge in [-0.15, -0.1) is 0 Å². The van der Waals surface area contributed by atoms with Gasteiger partial charge in [0.2, 0.25) is 0 Å². The van der Waals surface area contributed by atoms with Crippen molar-refractivity contribution in [1.29, 1.82) is 0 Å². The molecule has 29 heavy (non-hydrogen) atoms. The Balaban J connectivity index is 1.65. The third kappa shape index (κ3) is 5.13. The molecule has 0 aliphatic heterocycles. The molecule has 2 N–H and O–H groups in total. The average molecular weight is 397 g/mol. The summed E-state index contributed by atoms with van der Waals surface area (Å²) in [7, 11) is 1.57. The number of amides is 2. The fraction of sp³-hybridized carbons (Fsp3) is 0.0952. The first-order valence-electron chi connectivity index (χ1n) is 8.60. The molecule has 3 aromatic rings. The van der Waals surface area contributed by atoms with Gasteiger partial charge in [-0.1, -0.05) is 12.1 Å². The minimum absolute atomic E-state index is 0.0779. The first-order valence-corrected chi connectivity index (χ1v) is 8.60. The number of methoxy groups -OCH3 is 1. The van der Waals surface area contributed by atoms with E-state index in [-0.39, 0.29) is 23.5 Å². The Morgan fingerprint density at radius 1 is 1.00 bits per heavy atom. The normalized spacial score (nSPS) is 10.3. The summed E-state index contributed by atoms with van der Waals surface area (Å²) in [5, 5.41) is 5.04. The summed E-state index contributed by atoms with van der Waals surface area (Å²) in [6, 6.07) is 12.7. The number of carbonyl (C=O) groups excluding carboxylic acids is 2. The molecule has 148 valence electrons. The van der Waals surface area contributed by atoms with Crippen LogP contribution in [0.15, 0.2) is 60.8 Å².